The summed E-state index contributed by atoms with van der Waals surface area (Å²) in [6, 6.07) is 11.0. The molecule has 0 fully saturated rings. The molecule has 2 atom stereocenters. The van der Waals surface area contributed by atoms with Gasteiger partial charge in [-0.2, -0.15) is 0 Å². The summed E-state index contributed by atoms with van der Waals surface area (Å²) in [4.78, 5) is 7.05. The van der Waals surface area contributed by atoms with Gasteiger partial charge in [0.1, 0.15) is 0 Å². The van der Waals surface area contributed by atoms with Crippen molar-refractivity contribution in [1.29, 1.82) is 0 Å². The lowest BCUT2D eigenvalue weighted by Crippen LogP contribution is -2.46. The number of rotatable bonds is 12. The van der Waals surface area contributed by atoms with E-state index in [4.69, 9.17) is 4.99 Å². The van der Waals surface area contributed by atoms with E-state index in [2.05, 4.69) is 80.7 Å². The quantitative estimate of drug-likeness (QED) is 0.388. The Balaban J connectivity index is 2.66. The fourth-order valence-corrected chi connectivity index (χ4v) is 3.23. The largest absolute Gasteiger partial charge is 0.396 e. The number of guanidine groups is 1. The number of aliphatic hydroxyl groups excluding tert-OH is 1. The van der Waals surface area contributed by atoms with Crippen LogP contribution in [0, 0.1) is 11.8 Å². The van der Waals surface area contributed by atoms with Gasteiger partial charge in [-0.3, -0.25) is 4.99 Å². The van der Waals surface area contributed by atoms with Crippen LogP contribution in [0.1, 0.15) is 39.2 Å². The van der Waals surface area contributed by atoms with Crippen molar-refractivity contribution < 1.29 is 5.11 Å². The first-order chi connectivity index (χ1) is 13.0. The van der Waals surface area contributed by atoms with Crippen LogP contribution >= 0.6 is 0 Å². The van der Waals surface area contributed by atoms with Gasteiger partial charge in [-0.05, 0) is 57.7 Å². The van der Waals surface area contributed by atoms with Crippen LogP contribution in [-0.2, 0) is 6.42 Å². The van der Waals surface area contributed by atoms with Crippen molar-refractivity contribution >= 4 is 5.96 Å². The van der Waals surface area contributed by atoms with Crippen LogP contribution in [0.5, 0.6) is 0 Å². The van der Waals surface area contributed by atoms with E-state index in [0.29, 0.717) is 17.9 Å². The Morgan fingerprint density at radius 3 is 2.41 bits per heavy atom. The number of hydrogen-bond acceptors (Lipinski definition) is 3. The number of likely N-dealkylation sites (N-methyl/N-ethyl adjacent to an activating group) is 1. The van der Waals surface area contributed by atoms with Gasteiger partial charge in [0.25, 0.3) is 0 Å². The van der Waals surface area contributed by atoms with Gasteiger partial charge in [0.2, 0.25) is 0 Å². The molecule has 0 aliphatic heterocycles. The zero-order valence-electron chi connectivity index (χ0n) is 17.9. The van der Waals surface area contributed by atoms with E-state index in [9.17, 15) is 5.11 Å². The molecule has 1 aromatic rings. The van der Waals surface area contributed by atoms with Gasteiger partial charge < -0.3 is 20.6 Å². The van der Waals surface area contributed by atoms with Gasteiger partial charge in [0.15, 0.2) is 5.96 Å². The number of nitrogens with zero attached hydrogens (tertiary/aromatic N) is 2. The Morgan fingerprint density at radius 2 is 1.85 bits per heavy atom. The number of hydrogen-bond donors (Lipinski definition) is 3. The highest BCUT2D eigenvalue weighted by atomic mass is 16.3. The smallest absolute Gasteiger partial charge is 0.191 e. The Hall–Kier alpha value is -1.59. The van der Waals surface area contributed by atoms with Crippen LogP contribution in [0.2, 0.25) is 0 Å². The second-order valence-corrected chi connectivity index (χ2v) is 7.92. The first-order valence-electron chi connectivity index (χ1n) is 10.3. The highest BCUT2D eigenvalue weighted by molar-refractivity contribution is 5.79. The van der Waals surface area contributed by atoms with Crippen molar-refractivity contribution in [3.63, 3.8) is 0 Å². The molecule has 5 heteroatoms. The monoisotopic (exact) mass is 376 g/mol. The number of aliphatic imine (C=N–C) groups is 1. The molecule has 0 amide bonds. The second kappa shape index (κ2) is 13.6. The molecule has 154 valence electrons. The molecule has 0 radical (unpaired) electrons. The van der Waals surface area contributed by atoms with Crippen molar-refractivity contribution in [3.8, 4) is 0 Å². The average molecular weight is 377 g/mol. The molecule has 0 aliphatic carbocycles. The summed E-state index contributed by atoms with van der Waals surface area (Å²) >= 11 is 0. The lowest BCUT2D eigenvalue weighted by Gasteiger charge is -2.26. The second-order valence-electron chi connectivity index (χ2n) is 7.92. The van der Waals surface area contributed by atoms with Crippen LogP contribution in [0.25, 0.3) is 0 Å². The van der Waals surface area contributed by atoms with Gasteiger partial charge in [-0.15, -0.1) is 0 Å². The Kier molecular flexibility index (Phi) is 11.8. The van der Waals surface area contributed by atoms with Gasteiger partial charge in [-0.1, -0.05) is 44.2 Å². The summed E-state index contributed by atoms with van der Waals surface area (Å²) in [6.07, 6.45) is 2.91. The summed E-state index contributed by atoms with van der Waals surface area (Å²) in [7, 11) is 4.25. The summed E-state index contributed by atoms with van der Waals surface area (Å²) in [6.45, 7) is 9.19. The lowest BCUT2D eigenvalue weighted by molar-refractivity contribution is 0.245. The molecule has 0 saturated heterocycles. The molecule has 3 N–H and O–H groups in total. The maximum atomic E-state index is 9.31. The molecule has 1 rings (SSSR count). The summed E-state index contributed by atoms with van der Waals surface area (Å²) < 4.78 is 0. The van der Waals surface area contributed by atoms with E-state index < -0.39 is 0 Å². The van der Waals surface area contributed by atoms with Crippen LogP contribution in [0.3, 0.4) is 0 Å². The van der Waals surface area contributed by atoms with Gasteiger partial charge >= 0.3 is 0 Å². The first kappa shape index (κ1) is 23.4. The summed E-state index contributed by atoms with van der Waals surface area (Å²) in [5, 5.41) is 16.2. The summed E-state index contributed by atoms with van der Waals surface area (Å²) in [5.41, 5.74) is 1.35. The van der Waals surface area contributed by atoms with Gasteiger partial charge in [0, 0.05) is 32.3 Å². The van der Waals surface area contributed by atoms with Crippen LogP contribution in [0.4, 0.5) is 0 Å². The maximum absolute atomic E-state index is 9.31. The highest BCUT2D eigenvalue weighted by Gasteiger charge is 2.14. The van der Waals surface area contributed by atoms with Crippen molar-refractivity contribution in [2.24, 2.45) is 16.8 Å². The third-order valence-electron chi connectivity index (χ3n) is 4.74. The Labute approximate surface area is 166 Å². The minimum atomic E-state index is 0.233. The number of benzene rings is 1. The lowest BCUT2D eigenvalue weighted by atomic mass is 9.94. The van der Waals surface area contributed by atoms with E-state index in [1.807, 2.05) is 0 Å². The molecule has 5 nitrogen and oxygen atoms in total. The molecule has 0 aromatic heterocycles. The van der Waals surface area contributed by atoms with Gasteiger partial charge in [0.05, 0.1) is 0 Å². The van der Waals surface area contributed by atoms with Crippen molar-refractivity contribution in [3.05, 3.63) is 35.9 Å². The Bertz CT molecular complexity index is 516. The fraction of sp³-hybridized carbons (Fsp3) is 0.682. The zero-order chi connectivity index (χ0) is 20.1. The van der Waals surface area contributed by atoms with Crippen molar-refractivity contribution in [2.45, 2.75) is 46.1 Å². The molecule has 0 spiro atoms. The third kappa shape index (κ3) is 10.4. The maximum Gasteiger partial charge on any atom is 0.191 e. The predicted octanol–water partition coefficient (Wildman–Crippen LogP) is 2.76. The highest BCUT2D eigenvalue weighted by Crippen LogP contribution is 2.15. The molecule has 0 heterocycles. The molecular weight excluding hydrogens is 336 g/mol. The van der Waals surface area contributed by atoms with E-state index >= 15 is 0 Å². The molecule has 0 saturated carbocycles. The van der Waals surface area contributed by atoms with Crippen molar-refractivity contribution in [2.75, 3.05) is 40.3 Å². The molecule has 27 heavy (non-hydrogen) atoms. The van der Waals surface area contributed by atoms with E-state index in [1.165, 1.54) is 5.56 Å². The summed E-state index contributed by atoms with van der Waals surface area (Å²) in [5.74, 6) is 1.92. The zero-order valence-corrected chi connectivity index (χ0v) is 17.9. The van der Waals surface area contributed by atoms with Gasteiger partial charge in [-0.25, -0.2) is 0 Å². The minimum Gasteiger partial charge on any atom is -0.396 e. The van der Waals surface area contributed by atoms with Crippen LogP contribution in [-0.4, -0.2) is 62.3 Å². The van der Waals surface area contributed by atoms with E-state index in [1.54, 1.807) is 0 Å². The third-order valence-corrected chi connectivity index (χ3v) is 4.74. The Morgan fingerprint density at radius 1 is 1.15 bits per heavy atom. The number of aliphatic hydroxyl groups is 1. The normalized spacial score (nSPS) is 14.4. The molecule has 0 aliphatic rings. The fourth-order valence-electron chi connectivity index (χ4n) is 3.23. The SMILES string of the molecule is CCNC(=NCC(CCO)CC(C)C)NCC(Cc1ccccc1)N(C)C. The number of nitrogens with one attached hydrogen (secondary N) is 2. The molecule has 0 bridgehead atoms. The van der Waals surface area contributed by atoms with E-state index in [0.717, 1.165) is 44.9 Å². The molecule has 2 unspecified atom stereocenters. The predicted molar refractivity (Wildman–Crippen MR) is 116 cm³/mol. The van der Waals surface area contributed by atoms with E-state index in [-0.39, 0.29) is 6.61 Å². The first-order valence-corrected chi connectivity index (χ1v) is 10.3. The van der Waals surface area contributed by atoms with Crippen LogP contribution < -0.4 is 10.6 Å². The average Bonchev–Trinajstić information content (AvgIpc) is 2.63. The standard InChI is InChI=1S/C22H40N4O/c1-6-23-22(24-16-20(12-13-27)14-18(2)3)25-17-21(26(4)5)15-19-10-8-7-9-11-19/h7-11,18,20-21,27H,6,12-17H2,1-5H3,(H2,23,24,25). The molecule has 1 aromatic carbocycles. The van der Waals surface area contributed by atoms with Crippen molar-refractivity contribution in [1.82, 2.24) is 15.5 Å². The molecular formula is C22H40N4O. The topological polar surface area (TPSA) is 59.9 Å². The van der Waals surface area contributed by atoms with Crippen LogP contribution in [0.15, 0.2) is 35.3 Å². The minimum absolute atomic E-state index is 0.233.